The quantitative estimate of drug-likeness (QED) is 0.416. The second-order valence-corrected chi connectivity index (χ2v) is 5.80. The number of hydrogen-bond acceptors (Lipinski definition) is 7. The maximum Gasteiger partial charge on any atom is 0.145 e. The number of hydrazine groups is 1. The van der Waals surface area contributed by atoms with Crippen molar-refractivity contribution in [1.29, 1.82) is 0 Å². The van der Waals surface area contributed by atoms with E-state index >= 15 is 0 Å². The molecule has 0 aromatic carbocycles. The standard InChI is InChI=1S/C13H22N8/c1-13(2,3)12-17-10(9-11(18-12)19-14)15-5-4-7-21-8-6-16-20-21/h6,8-9H,4-5,7,14H2,1-3H3,(H2,15,17,18,19). The van der Waals surface area contributed by atoms with Crippen LogP contribution < -0.4 is 16.6 Å². The third-order valence-corrected chi connectivity index (χ3v) is 2.89. The smallest absolute Gasteiger partial charge is 0.145 e. The van der Waals surface area contributed by atoms with Crippen molar-refractivity contribution in [1.82, 2.24) is 25.0 Å². The number of nitrogen functional groups attached to an aromatic ring is 1. The molecular weight excluding hydrogens is 268 g/mol. The van der Waals surface area contributed by atoms with Gasteiger partial charge in [-0.15, -0.1) is 5.10 Å². The zero-order valence-corrected chi connectivity index (χ0v) is 12.7. The lowest BCUT2D eigenvalue weighted by atomic mass is 9.96. The van der Waals surface area contributed by atoms with Crippen LogP contribution in [0.15, 0.2) is 18.5 Å². The highest BCUT2D eigenvalue weighted by atomic mass is 15.4. The Morgan fingerprint density at radius 1 is 1.24 bits per heavy atom. The fourth-order valence-corrected chi connectivity index (χ4v) is 1.76. The van der Waals surface area contributed by atoms with Crippen LogP contribution in [0.25, 0.3) is 0 Å². The summed E-state index contributed by atoms with van der Waals surface area (Å²) in [5, 5.41) is 11.0. The number of nitrogens with zero attached hydrogens (tertiary/aromatic N) is 5. The van der Waals surface area contributed by atoms with E-state index in [-0.39, 0.29) is 5.41 Å². The molecule has 4 N–H and O–H groups in total. The molecule has 8 nitrogen and oxygen atoms in total. The van der Waals surface area contributed by atoms with Crippen molar-refractivity contribution in [2.45, 2.75) is 39.2 Å². The minimum atomic E-state index is -0.135. The van der Waals surface area contributed by atoms with E-state index in [0.717, 1.165) is 31.2 Å². The molecule has 2 rings (SSSR count). The third-order valence-electron chi connectivity index (χ3n) is 2.89. The van der Waals surface area contributed by atoms with Gasteiger partial charge in [0.2, 0.25) is 0 Å². The molecule has 8 heteroatoms. The van der Waals surface area contributed by atoms with Crippen molar-refractivity contribution in [3.8, 4) is 0 Å². The van der Waals surface area contributed by atoms with Gasteiger partial charge in [-0.25, -0.2) is 15.8 Å². The van der Waals surface area contributed by atoms with E-state index in [1.807, 2.05) is 6.20 Å². The van der Waals surface area contributed by atoms with Crippen molar-refractivity contribution in [3.63, 3.8) is 0 Å². The molecule has 0 aliphatic rings. The summed E-state index contributed by atoms with van der Waals surface area (Å²) in [6.45, 7) is 7.79. The van der Waals surface area contributed by atoms with E-state index in [1.165, 1.54) is 0 Å². The lowest BCUT2D eigenvalue weighted by Crippen LogP contribution is -2.20. The highest BCUT2D eigenvalue weighted by molar-refractivity contribution is 5.47. The second kappa shape index (κ2) is 6.49. The molecule has 2 aromatic rings. The van der Waals surface area contributed by atoms with Crippen molar-refractivity contribution >= 4 is 11.6 Å². The first-order chi connectivity index (χ1) is 9.99. The van der Waals surface area contributed by atoms with Crippen LogP contribution in [0.2, 0.25) is 0 Å². The Hall–Kier alpha value is -2.22. The highest BCUT2D eigenvalue weighted by Crippen LogP contribution is 2.21. The minimum absolute atomic E-state index is 0.135. The zero-order chi connectivity index (χ0) is 15.3. The number of anilines is 2. The number of nitrogens with two attached hydrogens (primary N) is 1. The molecule has 0 radical (unpaired) electrons. The van der Waals surface area contributed by atoms with E-state index in [4.69, 9.17) is 5.84 Å². The summed E-state index contributed by atoms with van der Waals surface area (Å²) in [5.74, 6) is 7.58. The number of aromatic nitrogens is 5. The molecule has 0 unspecified atom stereocenters. The number of rotatable bonds is 6. The second-order valence-electron chi connectivity index (χ2n) is 5.80. The van der Waals surface area contributed by atoms with Gasteiger partial charge < -0.3 is 10.7 Å². The van der Waals surface area contributed by atoms with Crippen LogP contribution in [0.5, 0.6) is 0 Å². The molecule has 2 aromatic heterocycles. The van der Waals surface area contributed by atoms with Crippen LogP contribution in [0, 0.1) is 0 Å². The molecule has 0 saturated carbocycles. The van der Waals surface area contributed by atoms with Gasteiger partial charge >= 0.3 is 0 Å². The van der Waals surface area contributed by atoms with Gasteiger partial charge in [0.1, 0.15) is 17.5 Å². The van der Waals surface area contributed by atoms with Crippen molar-refractivity contribution < 1.29 is 0 Å². The first kappa shape index (κ1) is 15.2. The fraction of sp³-hybridized carbons (Fsp3) is 0.538. The molecule has 0 aliphatic carbocycles. The molecule has 114 valence electrons. The zero-order valence-electron chi connectivity index (χ0n) is 12.7. The molecule has 0 spiro atoms. The molecule has 2 heterocycles. The van der Waals surface area contributed by atoms with Gasteiger partial charge in [-0.05, 0) is 6.42 Å². The summed E-state index contributed by atoms with van der Waals surface area (Å²) in [5.41, 5.74) is 2.44. The Morgan fingerprint density at radius 3 is 2.62 bits per heavy atom. The Bertz CT molecular complexity index is 558. The minimum Gasteiger partial charge on any atom is -0.370 e. The summed E-state index contributed by atoms with van der Waals surface area (Å²) in [7, 11) is 0. The summed E-state index contributed by atoms with van der Waals surface area (Å²) < 4.78 is 1.80. The van der Waals surface area contributed by atoms with Crippen molar-refractivity contribution in [3.05, 3.63) is 24.3 Å². The largest absolute Gasteiger partial charge is 0.370 e. The SMILES string of the molecule is CC(C)(C)c1nc(NN)cc(NCCCn2ccnn2)n1. The van der Waals surface area contributed by atoms with Crippen molar-refractivity contribution in [2.75, 3.05) is 17.3 Å². The fourth-order valence-electron chi connectivity index (χ4n) is 1.76. The molecule has 0 aliphatic heterocycles. The van der Waals surface area contributed by atoms with Gasteiger partial charge in [-0.3, -0.25) is 4.68 Å². The van der Waals surface area contributed by atoms with Gasteiger partial charge in [0, 0.05) is 30.8 Å². The lowest BCUT2D eigenvalue weighted by Gasteiger charge is -2.18. The molecular formula is C13H22N8. The predicted molar refractivity (Wildman–Crippen MR) is 81.7 cm³/mol. The molecule has 0 fully saturated rings. The molecule has 0 amide bonds. The van der Waals surface area contributed by atoms with E-state index in [1.54, 1.807) is 16.9 Å². The van der Waals surface area contributed by atoms with Crippen molar-refractivity contribution in [2.24, 2.45) is 5.84 Å². The maximum absolute atomic E-state index is 5.46. The van der Waals surface area contributed by atoms with Gasteiger partial charge in [0.25, 0.3) is 0 Å². The van der Waals surface area contributed by atoms with Gasteiger partial charge in [-0.1, -0.05) is 26.0 Å². The Balaban J connectivity index is 1.95. The predicted octanol–water partition coefficient (Wildman–Crippen LogP) is 1.15. The Morgan fingerprint density at radius 2 is 2.00 bits per heavy atom. The summed E-state index contributed by atoms with van der Waals surface area (Å²) in [4.78, 5) is 8.92. The topological polar surface area (TPSA) is 107 Å². The summed E-state index contributed by atoms with van der Waals surface area (Å²) in [6, 6.07) is 1.80. The average Bonchev–Trinajstić information content (AvgIpc) is 2.95. The van der Waals surface area contributed by atoms with E-state index in [0.29, 0.717) is 5.82 Å². The molecule has 21 heavy (non-hydrogen) atoms. The Kier molecular flexibility index (Phi) is 4.69. The van der Waals surface area contributed by atoms with Crippen LogP contribution >= 0.6 is 0 Å². The van der Waals surface area contributed by atoms with Crippen LogP contribution in [-0.4, -0.2) is 31.5 Å². The molecule has 0 atom stereocenters. The van der Waals surface area contributed by atoms with Crippen LogP contribution in [0.1, 0.15) is 33.0 Å². The number of hydrogen-bond donors (Lipinski definition) is 3. The van der Waals surface area contributed by atoms with Gasteiger partial charge in [-0.2, -0.15) is 0 Å². The van der Waals surface area contributed by atoms with E-state index < -0.39 is 0 Å². The normalized spacial score (nSPS) is 11.4. The van der Waals surface area contributed by atoms with Gasteiger partial charge in [0.15, 0.2) is 0 Å². The molecule has 0 saturated heterocycles. The molecule has 0 bridgehead atoms. The summed E-state index contributed by atoms with van der Waals surface area (Å²) in [6.07, 6.45) is 4.44. The van der Waals surface area contributed by atoms with Crippen LogP contribution in [0.3, 0.4) is 0 Å². The number of nitrogens with one attached hydrogen (secondary N) is 2. The summed E-state index contributed by atoms with van der Waals surface area (Å²) >= 11 is 0. The Labute approximate surface area is 124 Å². The van der Waals surface area contributed by atoms with Crippen LogP contribution in [0.4, 0.5) is 11.6 Å². The van der Waals surface area contributed by atoms with E-state index in [2.05, 4.69) is 51.8 Å². The number of aryl methyl sites for hydroxylation is 1. The van der Waals surface area contributed by atoms with E-state index in [9.17, 15) is 0 Å². The monoisotopic (exact) mass is 290 g/mol. The highest BCUT2D eigenvalue weighted by Gasteiger charge is 2.18. The third kappa shape index (κ3) is 4.38. The lowest BCUT2D eigenvalue weighted by molar-refractivity contribution is 0.545. The van der Waals surface area contributed by atoms with Gasteiger partial charge in [0.05, 0.1) is 6.20 Å². The maximum atomic E-state index is 5.46. The first-order valence-electron chi connectivity index (χ1n) is 6.93. The first-order valence-corrected chi connectivity index (χ1v) is 6.93. The van der Waals surface area contributed by atoms with Crippen LogP contribution in [-0.2, 0) is 12.0 Å². The average molecular weight is 290 g/mol.